The minimum Gasteiger partial charge on any atom is -0.452 e. The number of hydrogen-bond donors (Lipinski definition) is 1. The first-order valence-corrected chi connectivity index (χ1v) is 6.92. The second-order valence-corrected chi connectivity index (χ2v) is 5.24. The minimum atomic E-state index is 0.608. The molecule has 2 heterocycles. The van der Waals surface area contributed by atoms with Crippen molar-refractivity contribution in [1.29, 1.82) is 0 Å². The van der Waals surface area contributed by atoms with Crippen molar-refractivity contribution < 1.29 is 4.42 Å². The van der Waals surface area contributed by atoms with E-state index in [1.54, 1.807) is 6.20 Å². The number of hydrogen-bond acceptors (Lipinski definition) is 3. The van der Waals surface area contributed by atoms with Crippen LogP contribution < -0.4 is 5.32 Å². The van der Waals surface area contributed by atoms with Gasteiger partial charge in [-0.3, -0.25) is 4.98 Å². The van der Waals surface area contributed by atoms with Crippen LogP contribution in [-0.2, 0) is 6.54 Å². The molecule has 0 aliphatic rings. The molecule has 0 aliphatic carbocycles. The quantitative estimate of drug-likeness (QED) is 0.742. The summed E-state index contributed by atoms with van der Waals surface area (Å²) in [4.78, 5) is 4.30. The fraction of sp³-hybridized carbons (Fsp3) is 0.0714. The van der Waals surface area contributed by atoms with Gasteiger partial charge >= 0.3 is 0 Å². The van der Waals surface area contributed by atoms with Gasteiger partial charge in [-0.1, -0.05) is 11.6 Å². The Morgan fingerprint density at radius 1 is 1.21 bits per heavy atom. The lowest BCUT2D eigenvalue weighted by Crippen LogP contribution is -1.99. The molecular formula is C14H10BrClN2O. The van der Waals surface area contributed by atoms with Gasteiger partial charge in [0.1, 0.15) is 5.76 Å². The van der Waals surface area contributed by atoms with Gasteiger partial charge in [-0.15, -0.1) is 0 Å². The van der Waals surface area contributed by atoms with Gasteiger partial charge in [0.05, 0.1) is 17.1 Å². The van der Waals surface area contributed by atoms with Gasteiger partial charge in [-0.2, -0.15) is 0 Å². The summed E-state index contributed by atoms with van der Waals surface area (Å²) in [7, 11) is 0. The molecule has 96 valence electrons. The maximum atomic E-state index is 6.13. The third-order valence-corrected chi connectivity index (χ3v) is 3.53. The molecule has 5 heteroatoms. The van der Waals surface area contributed by atoms with Crippen LogP contribution in [0.15, 0.2) is 51.7 Å². The van der Waals surface area contributed by atoms with E-state index in [1.165, 1.54) is 0 Å². The maximum Gasteiger partial charge on any atom is 0.169 e. The molecule has 0 aliphatic heterocycles. The Morgan fingerprint density at radius 2 is 2.11 bits per heavy atom. The molecule has 1 aromatic carbocycles. The van der Waals surface area contributed by atoms with Crippen molar-refractivity contribution in [2.45, 2.75) is 6.54 Å². The molecule has 19 heavy (non-hydrogen) atoms. The molecule has 0 bridgehead atoms. The first-order chi connectivity index (χ1) is 9.24. The summed E-state index contributed by atoms with van der Waals surface area (Å²) in [6.07, 6.45) is 1.74. The van der Waals surface area contributed by atoms with Crippen molar-refractivity contribution >= 4 is 44.1 Å². The van der Waals surface area contributed by atoms with Gasteiger partial charge in [0.15, 0.2) is 4.67 Å². The summed E-state index contributed by atoms with van der Waals surface area (Å²) in [6, 6.07) is 11.5. The van der Waals surface area contributed by atoms with Crippen LogP contribution in [-0.4, -0.2) is 4.98 Å². The van der Waals surface area contributed by atoms with E-state index in [2.05, 4.69) is 26.2 Å². The third-order valence-electron chi connectivity index (χ3n) is 2.80. The highest BCUT2D eigenvalue weighted by Gasteiger charge is 2.06. The monoisotopic (exact) mass is 336 g/mol. The van der Waals surface area contributed by atoms with Crippen molar-refractivity contribution in [3.8, 4) is 0 Å². The van der Waals surface area contributed by atoms with Crippen LogP contribution in [0.25, 0.3) is 10.9 Å². The van der Waals surface area contributed by atoms with Crippen LogP contribution in [0.5, 0.6) is 0 Å². The largest absolute Gasteiger partial charge is 0.452 e. The summed E-state index contributed by atoms with van der Waals surface area (Å²) in [5.41, 5.74) is 1.79. The first-order valence-electron chi connectivity index (χ1n) is 5.75. The number of furan rings is 1. The highest BCUT2D eigenvalue weighted by Crippen LogP contribution is 2.28. The van der Waals surface area contributed by atoms with Crippen LogP contribution in [0.3, 0.4) is 0 Å². The summed E-state index contributed by atoms with van der Waals surface area (Å²) in [5.74, 6) is 0.860. The normalized spacial score (nSPS) is 10.8. The van der Waals surface area contributed by atoms with E-state index in [4.69, 9.17) is 16.0 Å². The van der Waals surface area contributed by atoms with Gasteiger partial charge in [0.2, 0.25) is 0 Å². The van der Waals surface area contributed by atoms with E-state index >= 15 is 0 Å². The van der Waals surface area contributed by atoms with Gasteiger partial charge < -0.3 is 9.73 Å². The molecule has 0 fully saturated rings. The fourth-order valence-electron chi connectivity index (χ4n) is 1.92. The van der Waals surface area contributed by atoms with E-state index in [9.17, 15) is 0 Å². The van der Waals surface area contributed by atoms with Crippen LogP contribution in [0.1, 0.15) is 5.76 Å². The van der Waals surface area contributed by atoms with E-state index in [1.807, 2.05) is 36.4 Å². The van der Waals surface area contributed by atoms with Crippen molar-refractivity contribution in [1.82, 2.24) is 4.98 Å². The van der Waals surface area contributed by atoms with E-state index < -0.39 is 0 Å². The van der Waals surface area contributed by atoms with E-state index in [0.717, 1.165) is 27.0 Å². The zero-order valence-electron chi connectivity index (χ0n) is 9.86. The zero-order valence-corrected chi connectivity index (χ0v) is 12.2. The third kappa shape index (κ3) is 2.60. The second kappa shape index (κ2) is 5.23. The molecule has 0 spiro atoms. The summed E-state index contributed by atoms with van der Waals surface area (Å²) in [6.45, 7) is 0.608. The average Bonchev–Trinajstić information content (AvgIpc) is 2.84. The summed E-state index contributed by atoms with van der Waals surface area (Å²) in [5, 5.41) is 4.99. The first kappa shape index (κ1) is 12.5. The SMILES string of the molecule is Clc1ccc(NCc2ccc(Br)o2)c2cccnc12. The number of fused-ring (bicyclic) bond motifs is 1. The molecule has 0 radical (unpaired) electrons. The Kier molecular flexibility index (Phi) is 3.44. The smallest absolute Gasteiger partial charge is 0.169 e. The Morgan fingerprint density at radius 3 is 2.89 bits per heavy atom. The Balaban J connectivity index is 1.91. The number of nitrogens with zero attached hydrogens (tertiary/aromatic N) is 1. The average molecular weight is 338 g/mol. The number of anilines is 1. The lowest BCUT2D eigenvalue weighted by molar-refractivity contribution is 0.495. The lowest BCUT2D eigenvalue weighted by atomic mass is 10.2. The zero-order chi connectivity index (χ0) is 13.2. The molecule has 0 saturated heterocycles. The van der Waals surface area contributed by atoms with Gasteiger partial charge in [0, 0.05) is 17.3 Å². The summed E-state index contributed by atoms with van der Waals surface area (Å²) >= 11 is 9.42. The van der Waals surface area contributed by atoms with Crippen molar-refractivity contribution in [3.63, 3.8) is 0 Å². The summed E-state index contributed by atoms with van der Waals surface area (Å²) < 4.78 is 6.18. The molecule has 0 saturated carbocycles. The number of aromatic nitrogens is 1. The Hall–Kier alpha value is -1.52. The number of rotatable bonds is 3. The Bertz CT molecular complexity index is 726. The predicted octanol–water partition coefficient (Wildman–Crippen LogP) is 4.86. The van der Waals surface area contributed by atoms with Crippen molar-refractivity contribution in [2.75, 3.05) is 5.32 Å². The molecule has 2 aromatic heterocycles. The van der Waals surface area contributed by atoms with Crippen molar-refractivity contribution in [3.05, 3.63) is 58.0 Å². The van der Waals surface area contributed by atoms with Crippen LogP contribution in [0, 0.1) is 0 Å². The highest BCUT2D eigenvalue weighted by molar-refractivity contribution is 9.10. The fourth-order valence-corrected chi connectivity index (χ4v) is 2.48. The van der Waals surface area contributed by atoms with E-state index in [-0.39, 0.29) is 0 Å². The number of benzene rings is 1. The molecule has 3 aromatic rings. The molecule has 3 rings (SSSR count). The minimum absolute atomic E-state index is 0.608. The molecular weight excluding hydrogens is 328 g/mol. The predicted molar refractivity (Wildman–Crippen MR) is 80.5 cm³/mol. The Labute approximate surface area is 123 Å². The van der Waals surface area contributed by atoms with Gasteiger partial charge in [0.25, 0.3) is 0 Å². The second-order valence-electron chi connectivity index (χ2n) is 4.05. The highest BCUT2D eigenvalue weighted by atomic mass is 79.9. The van der Waals surface area contributed by atoms with Crippen molar-refractivity contribution in [2.24, 2.45) is 0 Å². The molecule has 0 atom stereocenters. The van der Waals surface area contributed by atoms with Crippen LogP contribution in [0.4, 0.5) is 5.69 Å². The number of pyridine rings is 1. The molecule has 1 N–H and O–H groups in total. The van der Waals surface area contributed by atoms with Gasteiger partial charge in [-0.05, 0) is 52.3 Å². The molecule has 3 nitrogen and oxygen atoms in total. The van der Waals surface area contributed by atoms with Crippen LogP contribution >= 0.6 is 27.5 Å². The maximum absolute atomic E-state index is 6.13. The molecule has 0 unspecified atom stereocenters. The standard InChI is InChI=1S/C14H10BrClN2O/c15-13-6-3-9(19-13)8-18-12-5-4-11(16)14-10(12)2-1-7-17-14/h1-7,18H,8H2. The van der Waals surface area contributed by atoms with E-state index in [0.29, 0.717) is 11.6 Å². The van der Waals surface area contributed by atoms with Gasteiger partial charge in [-0.25, -0.2) is 0 Å². The number of nitrogens with one attached hydrogen (secondary N) is 1. The molecule has 0 amide bonds. The lowest BCUT2D eigenvalue weighted by Gasteiger charge is -2.09. The number of halogens is 2. The van der Waals surface area contributed by atoms with Crippen LogP contribution in [0.2, 0.25) is 5.02 Å². The topological polar surface area (TPSA) is 38.1 Å².